The number of aromatic nitrogens is 2. The number of carbonyl (C=O) groups excluding carboxylic acids is 2. The number of aryl methyl sites for hydroxylation is 1. The normalized spacial score (nSPS) is 20.2. The zero-order chi connectivity index (χ0) is 14.7. The highest BCUT2D eigenvalue weighted by Gasteiger charge is 2.31. The molecule has 2 rings (SSSR count). The summed E-state index contributed by atoms with van der Waals surface area (Å²) in [6.07, 6.45) is 2.88. The van der Waals surface area contributed by atoms with E-state index < -0.39 is 6.04 Å². The van der Waals surface area contributed by atoms with Crippen LogP contribution in [0, 0.1) is 5.92 Å². The van der Waals surface area contributed by atoms with E-state index in [1.165, 1.54) is 0 Å². The molecule has 0 aromatic carbocycles. The van der Waals surface area contributed by atoms with Crippen LogP contribution in [0.2, 0.25) is 0 Å². The van der Waals surface area contributed by atoms with Gasteiger partial charge in [0.05, 0.1) is 0 Å². The minimum Gasteiger partial charge on any atom is -0.344 e. The summed E-state index contributed by atoms with van der Waals surface area (Å²) >= 11 is 0. The number of carbonyl (C=O) groups is 2. The van der Waals surface area contributed by atoms with Gasteiger partial charge in [0.15, 0.2) is 0 Å². The second-order valence-corrected chi connectivity index (χ2v) is 5.56. The van der Waals surface area contributed by atoms with E-state index in [0.29, 0.717) is 19.5 Å². The van der Waals surface area contributed by atoms with Crippen LogP contribution in [0.5, 0.6) is 0 Å². The number of rotatable bonds is 4. The first kappa shape index (κ1) is 14.6. The average Bonchev–Trinajstić information content (AvgIpc) is 2.74. The molecule has 0 bridgehead atoms. The molecule has 20 heavy (non-hydrogen) atoms. The number of hydrogen-bond acceptors (Lipinski definition) is 3. The molecule has 1 aromatic rings. The Hall–Kier alpha value is -1.85. The third-order valence-electron chi connectivity index (χ3n) is 3.73. The third-order valence-corrected chi connectivity index (χ3v) is 3.73. The molecule has 0 spiro atoms. The number of nitrogens with one attached hydrogen (secondary N) is 1. The maximum absolute atomic E-state index is 12.5. The van der Waals surface area contributed by atoms with E-state index >= 15 is 0 Å². The van der Waals surface area contributed by atoms with Crippen LogP contribution in [-0.4, -0.2) is 45.6 Å². The van der Waals surface area contributed by atoms with Crippen molar-refractivity contribution in [3.05, 3.63) is 18.0 Å². The topological polar surface area (TPSA) is 67.2 Å². The molecule has 2 amide bonds. The van der Waals surface area contributed by atoms with Gasteiger partial charge in [0.1, 0.15) is 6.04 Å². The van der Waals surface area contributed by atoms with Crippen LogP contribution in [-0.2, 0) is 23.1 Å². The predicted molar refractivity (Wildman–Crippen MR) is 74.9 cm³/mol. The minimum absolute atomic E-state index is 0.0213. The van der Waals surface area contributed by atoms with Crippen molar-refractivity contribution in [1.82, 2.24) is 20.0 Å². The van der Waals surface area contributed by atoms with E-state index in [2.05, 4.69) is 10.4 Å². The van der Waals surface area contributed by atoms with Crippen molar-refractivity contribution in [1.29, 1.82) is 0 Å². The monoisotopic (exact) mass is 278 g/mol. The summed E-state index contributed by atoms with van der Waals surface area (Å²) in [5, 5.41) is 6.93. The van der Waals surface area contributed by atoms with Crippen LogP contribution < -0.4 is 5.32 Å². The highest BCUT2D eigenvalue weighted by Crippen LogP contribution is 2.12. The van der Waals surface area contributed by atoms with Crippen LogP contribution in [0.15, 0.2) is 12.3 Å². The van der Waals surface area contributed by atoms with Crippen molar-refractivity contribution in [2.75, 3.05) is 13.1 Å². The molecule has 0 aliphatic carbocycles. The Labute approximate surface area is 119 Å². The van der Waals surface area contributed by atoms with E-state index in [9.17, 15) is 9.59 Å². The van der Waals surface area contributed by atoms with E-state index in [-0.39, 0.29) is 17.7 Å². The Morgan fingerprint density at radius 1 is 1.45 bits per heavy atom. The molecule has 1 unspecified atom stereocenters. The Morgan fingerprint density at radius 2 is 2.20 bits per heavy atom. The molecule has 6 nitrogen and oxygen atoms in total. The number of amides is 2. The smallest absolute Gasteiger partial charge is 0.245 e. The Morgan fingerprint density at radius 3 is 2.80 bits per heavy atom. The fraction of sp³-hybridized carbons (Fsp3) is 0.643. The van der Waals surface area contributed by atoms with E-state index in [1.54, 1.807) is 11.1 Å². The molecular weight excluding hydrogens is 256 g/mol. The molecular formula is C14H22N4O2. The molecule has 1 atom stereocenters. The molecule has 1 aromatic heterocycles. The van der Waals surface area contributed by atoms with Crippen molar-refractivity contribution in [2.45, 2.75) is 32.7 Å². The van der Waals surface area contributed by atoms with Gasteiger partial charge < -0.3 is 10.2 Å². The highest BCUT2D eigenvalue weighted by atomic mass is 16.2. The van der Waals surface area contributed by atoms with Gasteiger partial charge in [0.2, 0.25) is 11.8 Å². The average molecular weight is 278 g/mol. The Bertz CT molecular complexity index is 495. The second kappa shape index (κ2) is 6.07. The highest BCUT2D eigenvalue weighted by molar-refractivity contribution is 5.90. The molecule has 110 valence electrons. The lowest BCUT2D eigenvalue weighted by Gasteiger charge is -2.26. The fourth-order valence-corrected chi connectivity index (χ4v) is 2.42. The molecule has 1 aliphatic rings. The first-order valence-corrected chi connectivity index (χ1v) is 7.04. The summed E-state index contributed by atoms with van der Waals surface area (Å²) in [7, 11) is 1.89. The van der Waals surface area contributed by atoms with Gasteiger partial charge in [0, 0.05) is 44.9 Å². The number of nitrogens with zero attached hydrogens (tertiary/aromatic N) is 3. The second-order valence-electron chi connectivity index (χ2n) is 5.56. The molecule has 0 radical (unpaired) electrons. The molecule has 1 N–H and O–H groups in total. The van der Waals surface area contributed by atoms with Crippen LogP contribution in [0.4, 0.5) is 0 Å². The lowest BCUT2D eigenvalue weighted by atomic mass is 10.0. The van der Waals surface area contributed by atoms with Crippen LogP contribution in [0.1, 0.15) is 26.0 Å². The van der Waals surface area contributed by atoms with Crippen molar-refractivity contribution < 1.29 is 9.59 Å². The van der Waals surface area contributed by atoms with Crippen LogP contribution in [0.25, 0.3) is 0 Å². The largest absolute Gasteiger partial charge is 0.344 e. The Kier molecular flexibility index (Phi) is 4.42. The molecule has 0 saturated carbocycles. The standard InChI is InChI=1S/C14H22N4O2/c1-10(2)13-14(20)18(9-6-12(19)16-13)8-5-11-4-7-15-17(11)3/h4,7,10,13H,5-6,8-9H2,1-3H3,(H,16,19). The van der Waals surface area contributed by atoms with Gasteiger partial charge in [-0.25, -0.2) is 0 Å². The lowest BCUT2D eigenvalue weighted by Crippen LogP contribution is -2.48. The molecule has 1 fully saturated rings. The first-order valence-electron chi connectivity index (χ1n) is 7.04. The van der Waals surface area contributed by atoms with E-state index in [4.69, 9.17) is 0 Å². The van der Waals surface area contributed by atoms with Gasteiger partial charge in [-0.05, 0) is 12.0 Å². The SMILES string of the molecule is CC(C)C1NC(=O)CCN(CCc2ccnn2C)C1=O. The van der Waals surface area contributed by atoms with Gasteiger partial charge in [-0.15, -0.1) is 0 Å². The minimum atomic E-state index is -0.406. The Balaban J connectivity index is 2.04. The maximum atomic E-state index is 12.5. The summed E-state index contributed by atoms with van der Waals surface area (Å²) < 4.78 is 1.81. The number of hydrogen-bond donors (Lipinski definition) is 1. The lowest BCUT2D eigenvalue weighted by molar-refractivity contribution is -0.134. The van der Waals surface area contributed by atoms with Crippen molar-refractivity contribution >= 4 is 11.8 Å². The van der Waals surface area contributed by atoms with Crippen molar-refractivity contribution in [3.8, 4) is 0 Å². The van der Waals surface area contributed by atoms with Gasteiger partial charge in [-0.2, -0.15) is 5.10 Å². The van der Waals surface area contributed by atoms with Crippen molar-refractivity contribution in [3.63, 3.8) is 0 Å². The summed E-state index contributed by atoms with van der Waals surface area (Å²) in [6.45, 7) is 5.02. The summed E-state index contributed by atoms with van der Waals surface area (Å²) in [6, 6.07) is 1.54. The molecule has 6 heteroatoms. The molecule has 2 heterocycles. The van der Waals surface area contributed by atoms with Crippen molar-refractivity contribution in [2.24, 2.45) is 13.0 Å². The van der Waals surface area contributed by atoms with Crippen LogP contribution in [0.3, 0.4) is 0 Å². The summed E-state index contributed by atoms with van der Waals surface area (Å²) in [4.78, 5) is 25.9. The van der Waals surface area contributed by atoms with Gasteiger partial charge in [-0.1, -0.05) is 13.8 Å². The van der Waals surface area contributed by atoms with E-state index in [1.807, 2.05) is 31.6 Å². The summed E-state index contributed by atoms with van der Waals surface area (Å²) in [5.41, 5.74) is 1.09. The predicted octanol–water partition coefficient (Wildman–Crippen LogP) is 0.336. The quantitative estimate of drug-likeness (QED) is 0.863. The molecule has 1 aliphatic heterocycles. The zero-order valence-corrected chi connectivity index (χ0v) is 12.3. The fourth-order valence-electron chi connectivity index (χ4n) is 2.42. The first-order chi connectivity index (χ1) is 9.49. The zero-order valence-electron chi connectivity index (χ0n) is 12.3. The van der Waals surface area contributed by atoms with E-state index in [0.717, 1.165) is 12.1 Å². The van der Waals surface area contributed by atoms with Crippen LogP contribution >= 0.6 is 0 Å². The van der Waals surface area contributed by atoms with Gasteiger partial charge >= 0.3 is 0 Å². The maximum Gasteiger partial charge on any atom is 0.245 e. The summed E-state index contributed by atoms with van der Waals surface area (Å²) in [5.74, 6) is 0.0804. The van der Waals surface area contributed by atoms with Gasteiger partial charge in [0.25, 0.3) is 0 Å². The molecule has 1 saturated heterocycles. The van der Waals surface area contributed by atoms with Gasteiger partial charge in [-0.3, -0.25) is 14.3 Å². The third kappa shape index (κ3) is 3.18.